The van der Waals surface area contributed by atoms with Crippen molar-refractivity contribution in [3.63, 3.8) is 0 Å². The van der Waals surface area contributed by atoms with Gasteiger partial charge in [0.15, 0.2) is 0 Å². The Morgan fingerprint density at radius 1 is 1.04 bits per heavy atom. The molecule has 0 fully saturated rings. The van der Waals surface area contributed by atoms with E-state index in [-0.39, 0.29) is 13.1 Å². The summed E-state index contributed by atoms with van der Waals surface area (Å²) < 4.78 is 0. The lowest BCUT2D eigenvalue weighted by atomic mass is 10.3. The Morgan fingerprint density at radius 3 is 2.14 bits per heavy atom. The van der Waals surface area contributed by atoms with Crippen molar-refractivity contribution in [1.29, 1.82) is 0 Å². The highest BCUT2D eigenvalue weighted by Crippen LogP contribution is 2.28. The molecule has 1 amide bonds. The first-order valence-corrected chi connectivity index (χ1v) is 9.91. The number of carbonyl (C=O) groups is 1. The molecule has 4 N–H and O–H groups in total. The number of benzene rings is 1. The van der Waals surface area contributed by atoms with Gasteiger partial charge in [0.1, 0.15) is 0 Å². The van der Waals surface area contributed by atoms with Crippen LogP contribution in [0.4, 0.5) is 11.4 Å². The number of aliphatic hydroxyl groups excluding tert-OH is 1. The Bertz CT molecular complexity index is 700. The fraction of sp³-hybridized carbons (Fsp3) is 0.333. The van der Waals surface area contributed by atoms with Crippen molar-refractivity contribution in [3.8, 4) is 0 Å². The van der Waals surface area contributed by atoms with Gasteiger partial charge in [-0.05, 0) is 18.2 Å². The fourth-order valence-corrected chi connectivity index (χ4v) is 2.50. The third-order valence-corrected chi connectivity index (χ3v) is 4.33. The zero-order chi connectivity index (χ0) is 21.5. The van der Waals surface area contributed by atoms with Crippen molar-refractivity contribution < 1.29 is 9.90 Å². The Kier molecular flexibility index (Phi) is 14.7. The third-order valence-electron chi connectivity index (χ3n) is 3.01. The summed E-state index contributed by atoms with van der Waals surface area (Å²) in [6.07, 6.45) is 2.71. The Hall–Kier alpha value is -1.44. The molecule has 156 valence electrons. The van der Waals surface area contributed by atoms with Crippen molar-refractivity contribution in [2.24, 2.45) is 0 Å². The van der Waals surface area contributed by atoms with Gasteiger partial charge in [0, 0.05) is 38.2 Å². The Morgan fingerprint density at radius 2 is 1.64 bits per heavy atom. The molecule has 0 saturated heterocycles. The van der Waals surface area contributed by atoms with Gasteiger partial charge in [0.25, 0.3) is 0 Å². The van der Waals surface area contributed by atoms with Gasteiger partial charge in [0.2, 0.25) is 6.41 Å². The highest BCUT2D eigenvalue weighted by molar-refractivity contribution is 6.42. The second-order valence-corrected chi connectivity index (χ2v) is 6.55. The van der Waals surface area contributed by atoms with E-state index in [0.29, 0.717) is 32.2 Å². The largest absolute Gasteiger partial charge is 0.389 e. The van der Waals surface area contributed by atoms with Crippen LogP contribution in [-0.2, 0) is 4.79 Å². The molecule has 0 spiro atoms. The van der Waals surface area contributed by atoms with Gasteiger partial charge in [-0.2, -0.15) is 0 Å². The molecule has 28 heavy (non-hydrogen) atoms. The van der Waals surface area contributed by atoms with Gasteiger partial charge in [0.05, 0.1) is 31.9 Å². The number of rotatable bonds is 7. The van der Waals surface area contributed by atoms with Gasteiger partial charge in [-0.25, -0.2) is 0 Å². The van der Waals surface area contributed by atoms with Crippen LogP contribution in [0, 0.1) is 0 Å². The number of carbonyl (C=O) groups excluding carboxylic acids is 1. The van der Waals surface area contributed by atoms with E-state index in [1.165, 1.54) is 12.4 Å². The molecular formula is C18H24Cl4N4O2. The van der Waals surface area contributed by atoms with Crippen LogP contribution in [0.2, 0.25) is 20.1 Å². The predicted molar refractivity (Wildman–Crippen MR) is 120 cm³/mol. The van der Waals surface area contributed by atoms with Crippen molar-refractivity contribution in [3.05, 3.63) is 50.7 Å². The molecule has 0 aliphatic rings. The van der Waals surface area contributed by atoms with Gasteiger partial charge in [-0.15, -0.1) is 0 Å². The number of amides is 1. The second-order valence-electron chi connectivity index (χ2n) is 4.92. The molecular weight excluding hydrogens is 446 g/mol. The van der Waals surface area contributed by atoms with Crippen LogP contribution in [0.3, 0.4) is 0 Å². The maximum Gasteiger partial charge on any atom is 0.207 e. The number of anilines is 2. The number of hydrogen-bond acceptors (Lipinski definition) is 5. The number of nitrogens with zero attached hydrogens (tertiary/aromatic N) is 1. The maximum atomic E-state index is 10.00. The molecule has 1 aromatic carbocycles. The second kappa shape index (κ2) is 15.5. The summed E-state index contributed by atoms with van der Waals surface area (Å²) in [6, 6.07) is 5.41. The monoisotopic (exact) mass is 468 g/mol. The third kappa shape index (κ3) is 10.2. The molecule has 2 rings (SSSR count). The summed E-state index contributed by atoms with van der Waals surface area (Å²) in [4.78, 5) is 13.8. The highest BCUT2D eigenvalue weighted by atomic mass is 35.5. The van der Waals surface area contributed by atoms with E-state index in [1.54, 1.807) is 12.1 Å². The quantitative estimate of drug-likeness (QED) is 0.430. The number of pyridine rings is 1. The SMILES string of the molecule is CC.CNc1ccc(Cl)c(Cl)c1.O=CNCC(O)CNc1c(Cl)cncc1Cl. The molecule has 6 nitrogen and oxygen atoms in total. The predicted octanol–water partition coefficient (Wildman–Crippen LogP) is 4.97. The summed E-state index contributed by atoms with van der Waals surface area (Å²) in [7, 11) is 1.83. The number of aliphatic hydroxyl groups is 1. The van der Waals surface area contributed by atoms with Crippen molar-refractivity contribution in [2.75, 3.05) is 30.8 Å². The smallest absolute Gasteiger partial charge is 0.207 e. The first-order valence-electron chi connectivity index (χ1n) is 8.39. The minimum Gasteiger partial charge on any atom is -0.389 e. The first kappa shape index (κ1) is 26.6. The normalized spacial score (nSPS) is 10.4. The van der Waals surface area contributed by atoms with Crippen LogP contribution in [0.25, 0.3) is 0 Å². The molecule has 1 aromatic heterocycles. The number of halogens is 4. The molecule has 10 heteroatoms. The molecule has 1 unspecified atom stereocenters. The molecule has 1 heterocycles. The minimum absolute atomic E-state index is 0.164. The summed E-state index contributed by atoms with van der Waals surface area (Å²) in [6.45, 7) is 4.39. The van der Waals surface area contributed by atoms with Crippen LogP contribution >= 0.6 is 46.4 Å². The molecule has 1 atom stereocenters. The van der Waals surface area contributed by atoms with E-state index >= 15 is 0 Å². The standard InChI is InChI=1S/C9H11Cl2N3O2.C7H7Cl2N.C2H6/c10-7-3-12-4-8(11)9(7)14-2-6(16)1-13-5-15;1-10-5-2-3-6(8)7(9)4-5;1-2/h3-6,16H,1-2H2,(H,12,14)(H,13,15);2-4,10H,1H3;1-2H3. The number of hydrogen-bond donors (Lipinski definition) is 4. The van der Waals surface area contributed by atoms with Gasteiger partial charge in [-0.1, -0.05) is 60.3 Å². The van der Waals surface area contributed by atoms with Crippen molar-refractivity contribution in [1.82, 2.24) is 10.3 Å². The number of nitrogens with one attached hydrogen (secondary N) is 3. The van der Waals surface area contributed by atoms with E-state index in [1.807, 2.05) is 27.0 Å². The lowest BCUT2D eigenvalue weighted by Crippen LogP contribution is -2.31. The minimum atomic E-state index is -0.717. The molecule has 0 bridgehead atoms. The Labute approximate surface area is 185 Å². The first-order chi connectivity index (χ1) is 13.4. The zero-order valence-corrected chi connectivity index (χ0v) is 18.8. The van der Waals surface area contributed by atoms with Crippen LogP contribution in [0.5, 0.6) is 0 Å². The average Bonchev–Trinajstić information content (AvgIpc) is 2.70. The Balaban J connectivity index is 0.000000520. The van der Waals surface area contributed by atoms with Crippen LogP contribution in [0.15, 0.2) is 30.6 Å². The van der Waals surface area contributed by atoms with Gasteiger partial charge < -0.3 is 21.1 Å². The number of aromatic nitrogens is 1. The van der Waals surface area contributed by atoms with E-state index in [9.17, 15) is 9.90 Å². The maximum absolute atomic E-state index is 10.00. The van der Waals surface area contributed by atoms with Crippen LogP contribution in [0.1, 0.15) is 13.8 Å². The van der Waals surface area contributed by atoms with E-state index in [4.69, 9.17) is 46.4 Å². The van der Waals surface area contributed by atoms with Crippen molar-refractivity contribution >= 4 is 64.2 Å². The van der Waals surface area contributed by atoms with Crippen molar-refractivity contribution in [2.45, 2.75) is 20.0 Å². The summed E-state index contributed by atoms with van der Waals surface area (Å²) in [5.41, 5.74) is 1.48. The van der Waals surface area contributed by atoms with Crippen LogP contribution in [-0.4, -0.2) is 42.7 Å². The van der Waals surface area contributed by atoms with Gasteiger partial charge in [-0.3, -0.25) is 9.78 Å². The zero-order valence-electron chi connectivity index (χ0n) is 15.8. The molecule has 0 aliphatic carbocycles. The molecule has 0 aliphatic heterocycles. The lowest BCUT2D eigenvalue weighted by molar-refractivity contribution is -0.109. The van der Waals surface area contributed by atoms with Crippen LogP contribution < -0.4 is 16.0 Å². The fourth-order valence-electron chi connectivity index (χ4n) is 1.71. The summed E-state index contributed by atoms with van der Waals surface area (Å²) in [5, 5.41) is 19.6. The highest BCUT2D eigenvalue weighted by Gasteiger charge is 2.08. The molecule has 0 radical (unpaired) electrons. The average molecular weight is 470 g/mol. The summed E-state index contributed by atoms with van der Waals surface area (Å²) in [5.74, 6) is 0. The van der Waals surface area contributed by atoms with E-state index in [0.717, 1.165) is 5.69 Å². The van der Waals surface area contributed by atoms with E-state index < -0.39 is 6.10 Å². The molecule has 0 saturated carbocycles. The summed E-state index contributed by atoms with van der Waals surface area (Å²) >= 11 is 23.1. The van der Waals surface area contributed by atoms with Gasteiger partial charge >= 0.3 is 0 Å². The topological polar surface area (TPSA) is 86.3 Å². The lowest BCUT2D eigenvalue weighted by Gasteiger charge is -2.13. The van der Waals surface area contributed by atoms with E-state index in [2.05, 4.69) is 20.9 Å². The molecule has 2 aromatic rings.